The lowest BCUT2D eigenvalue weighted by molar-refractivity contribution is 0.267. The average Bonchev–Trinajstić information content (AvgIpc) is 2.75. The first-order valence-corrected chi connectivity index (χ1v) is 10.5. The molecule has 3 rings (SSSR count). The van der Waals surface area contributed by atoms with Crippen LogP contribution in [0, 0.1) is 0 Å². The number of fused-ring (bicyclic) bond motifs is 1. The molecule has 0 saturated heterocycles. The van der Waals surface area contributed by atoms with Crippen LogP contribution in [0.25, 0.3) is 0 Å². The maximum absolute atomic E-state index is 6.11. The van der Waals surface area contributed by atoms with Crippen LogP contribution in [0.2, 0.25) is 0 Å². The van der Waals surface area contributed by atoms with Crippen molar-refractivity contribution in [1.82, 2.24) is 10.2 Å². The zero-order valence-corrected chi connectivity index (χ0v) is 18.4. The number of rotatable bonds is 9. The third-order valence-corrected chi connectivity index (χ3v) is 5.50. The first-order chi connectivity index (χ1) is 14.1. The van der Waals surface area contributed by atoms with Gasteiger partial charge < -0.3 is 24.4 Å². The molecule has 29 heavy (non-hydrogen) atoms. The second-order valence-corrected chi connectivity index (χ2v) is 7.77. The molecule has 1 atom stereocenters. The van der Waals surface area contributed by atoms with Crippen LogP contribution < -0.4 is 19.5 Å². The topological polar surface area (TPSA) is 43.0 Å². The van der Waals surface area contributed by atoms with Crippen molar-refractivity contribution in [2.24, 2.45) is 0 Å². The summed E-state index contributed by atoms with van der Waals surface area (Å²) in [6, 6.07) is 10.9. The molecule has 0 aliphatic carbocycles. The van der Waals surface area contributed by atoms with Gasteiger partial charge in [-0.2, -0.15) is 0 Å². The summed E-state index contributed by atoms with van der Waals surface area (Å²) >= 11 is 0. The number of nitrogens with zero attached hydrogens (tertiary/aromatic N) is 1. The van der Waals surface area contributed by atoms with E-state index in [1.54, 1.807) is 14.2 Å². The molecule has 1 unspecified atom stereocenters. The zero-order valence-electron chi connectivity index (χ0n) is 18.4. The third-order valence-electron chi connectivity index (χ3n) is 5.50. The normalized spacial score (nSPS) is 15.9. The van der Waals surface area contributed by atoms with Crippen molar-refractivity contribution in [3.8, 4) is 17.2 Å². The molecule has 0 amide bonds. The Bertz CT molecular complexity index is 820. The SMILES string of the molecule is CCc1ccc(C2NCCc3cc(OC)c(OCCCN(C)C)cc32)c(OC)c1. The van der Waals surface area contributed by atoms with Gasteiger partial charge in [0.05, 0.1) is 26.9 Å². The number of hydrogen-bond acceptors (Lipinski definition) is 5. The highest BCUT2D eigenvalue weighted by Gasteiger charge is 2.26. The molecule has 158 valence electrons. The Morgan fingerprint density at radius 1 is 1.00 bits per heavy atom. The van der Waals surface area contributed by atoms with Gasteiger partial charge in [-0.05, 0) is 68.2 Å². The lowest BCUT2D eigenvalue weighted by Gasteiger charge is -2.30. The number of ether oxygens (including phenoxy) is 3. The van der Waals surface area contributed by atoms with Crippen molar-refractivity contribution in [3.05, 3.63) is 52.6 Å². The minimum Gasteiger partial charge on any atom is -0.496 e. The molecule has 1 heterocycles. The summed E-state index contributed by atoms with van der Waals surface area (Å²) in [4.78, 5) is 2.17. The number of methoxy groups -OCH3 is 2. The maximum atomic E-state index is 6.11. The lowest BCUT2D eigenvalue weighted by Crippen LogP contribution is -2.31. The van der Waals surface area contributed by atoms with Gasteiger partial charge in [-0.25, -0.2) is 0 Å². The van der Waals surface area contributed by atoms with E-state index < -0.39 is 0 Å². The summed E-state index contributed by atoms with van der Waals surface area (Å²) in [5.41, 5.74) is 4.98. The fourth-order valence-electron chi connectivity index (χ4n) is 3.89. The smallest absolute Gasteiger partial charge is 0.161 e. The standard InChI is InChI=1S/C24H34N2O3/c1-6-17-8-9-19(21(14-17)27-4)24-20-16-23(29-13-7-12-26(2)3)22(28-5)15-18(20)10-11-25-24/h8-9,14-16,24-25H,6-7,10-13H2,1-5H3. The van der Waals surface area contributed by atoms with Gasteiger partial charge in [-0.1, -0.05) is 19.1 Å². The van der Waals surface area contributed by atoms with Crippen molar-refractivity contribution in [2.75, 3.05) is 48.0 Å². The molecule has 1 aliphatic heterocycles. The number of benzene rings is 2. The quantitative estimate of drug-likeness (QED) is 0.650. The highest BCUT2D eigenvalue weighted by Crippen LogP contribution is 2.40. The van der Waals surface area contributed by atoms with Gasteiger partial charge in [-0.15, -0.1) is 0 Å². The highest BCUT2D eigenvalue weighted by atomic mass is 16.5. The van der Waals surface area contributed by atoms with Crippen molar-refractivity contribution >= 4 is 0 Å². The predicted molar refractivity (Wildman–Crippen MR) is 118 cm³/mol. The van der Waals surface area contributed by atoms with Gasteiger partial charge in [0.15, 0.2) is 11.5 Å². The van der Waals surface area contributed by atoms with Crippen molar-refractivity contribution in [1.29, 1.82) is 0 Å². The van der Waals surface area contributed by atoms with Crippen LogP contribution in [-0.4, -0.2) is 52.9 Å². The number of hydrogen-bond donors (Lipinski definition) is 1. The van der Waals surface area contributed by atoms with E-state index in [1.165, 1.54) is 16.7 Å². The minimum absolute atomic E-state index is 0.0784. The molecule has 0 saturated carbocycles. The van der Waals surface area contributed by atoms with E-state index in [0.29, 0.717) is 6.61 Å². The molecule has 2 aromatic rings. The third kappa shape index (κ3) is 5.03. The molecule has 2 aromatic carbocycles. The van der Waals surface area contributed by atoms with E-state index in [-0.39, 0.29) is 6.04 Å². The summed E-state index contributed by atoms with van der Waals surface area (Å²) in [5.74, 6) is 2.55. The van der Waals surface area contributed by atoms with Crippen molar-refractivity contribution < 1.29 is 14.2 Å². The van der Waals surface area contributed by atoms with Gasteiger partial charge in [0.2, 0.25) is 0 Å². The Morgan fingerprint density at radius 3 is 2.48 bits per heavy atom. The van der Waals surface area contributed by atoms with Crippen LogP contribution in [0.3, 0.4) is 0 Å². The molecule has 0 bridgehead atoms. The van der Waals surface area contributed by atoms with Gasteiger partial charge in [0.25, 0.3) is 0 Å². The highest BCUT2D eigenvalue weighted by molar-refractivity contribution is 5.53. The van der Waals surface area contributed by atoms with Crippen LogP contribution in [-0.2, 0) is 12.8 Å². The fourth-order valence-corrected chi connectivity index (χ4v) is 3.89. The number of aryl methyl sites for hydroxylation is 1. The molecular weight excluding hydrogens is 364 g/mol. The Hall–Kier alpha value is -2.24. The van der Waals surface area contributed by atoms with Gasteiger partial charge in [0, 0.05) is 18.7 Å². The van der Waals surface area contributed by atoms with Crippen LogP contribution in [0.5, 0.6) is 17.2 Å². The largest absolute Gasteiger partial charge is 0.496 e. The summed E-state index contributed by atoms with van der Waals surface area (Å²) in [6.45, 7) is 4.75. The van der Waals surface area contributed by atoms with Crippen LogP contribution >= 0.6 is 0 Å². The number of nitrogens with one attached hydrogen (secondary N) is 1. The van der Waals surface area contributed by atoms with E-state index in [9.17, 15) is 0 Å². The molecule has 1 N–H and O–H groups in total. The molecule has 5 heteroatoms. The summed E-state index contributed by atoms with van der Waals surface area (Å²) in [7, 11) is 7.61. The predicted octanol–water partition coefficient (Wildman–Crippen LogP) is 3.83. The van der Waals surface area contributed by atoms with Gasteiger partial charge in [-0.3, -0.25) is 0 Å². The Labute approximate surface area is 175 Å². The Morgan fingerprint density at radius 2 is 1.79 bits per heavy atom. The molecule has 1 aliphatic rings. The first-order valence-electron chi connectivity index (χ1n) is 10.5. The van der Waals surface area contributed by atoms with Gasteiger partial charge >= 0.3 is 0 Å². The Balaban J connectivity index is 1.92. The summed E-state index contributed by atoms with van der Waals surface area (Å²) < 4.78 is 17.5. The summed E-state index contributed by atoms with van der Waals surface area (Å²) in [5, 5.41) is 3.67. The average molecular weight is 399 g/mol. The van der Waals surface area contributed by atoms with E-state index >= 15 is 0 Å². The first kappa shape index (κ1) is 21.5. The van der Waals surface area contributed by atoms with Crippen molar-refractivity contribution in [3.63, 3.8) is 0 Å². The monoisotopic (exact) mass is 398 g/mol. The van der Waals surface area contributed by atoms with Crippen LogP contribution in [0.1, 0.15) is 41.6 Å². The molecule has 0 radical (unpaired) electrons. The van der Waals surface area contributed by atoms with E-state index in [2.05, 4.69) is 61.6 Å². The molecule has 5 nitrogen and oxygen atoms in total. The molecule has 0 fully saturated rings. The van der Waals surface area contributed by atoms with E-state index in [0.717, 1.165) is 55.2 Å². The maximum Gasteiger partial charge on any atom is 0.161 e. The van der Waals surface area contributed by atoms with Crippen molar-refractivity contribution in [2.45, 2.75) is 32.2 Å². The van der Waals surface area contributed by atoms with E-state index in [4.69, 9.17) is 14.2 Å². The lowest BCUT2D eigenvalue weighted by atomic mass is 9.88. The van der Waals surface area contributed by atoms with Gasteiger partial charge in [0.1, 0.15) is 5.75 Å². The fraction of sp³-hybridized carbons (Fsp3) is 0.500. The molecule has 0 spiro atoms. The molecular formula is C24H34N2O3. The van der Waals surface area contributed by atoms with E-state index in [1.807, 2.05) is 0 Å². The minimum atomic E-state index is 0.0784. The summed E-state index contributed by atoms with van der Waals surface area (Å²) in [6.07, 6.45) is 2.94. The van der Waals surface area contributed by atoms with Crippen LogP contribution in [0.15, 0.2) is 30.3 Å². The van der Waals surface area contributed by atoms with Crippen LogP contribution in [0.4, 0.5) is 0 Å². The molecule has 0 aromatic heterocycles. The second-order valence-electron chi connectivity index (χ2n) is 7.77. The Kier molecular flexibility index (Phi) is 7.40. The second kappa shape index (κ2) is 9.99. The zero-order chi connectivity index (χ0) is 20.8.